The van der Waals surface area contributed by atoms with Crippen molar-refractivity contribution in [3.05, 3.63) is 276 Å². The van der Waals surface area contributed by atoms with Gasteiger partial charge in [0.2, 0.25) is 0 Å². The van der Waals surface area contributed by atoms with Crippen LogP contribution in [-0.2, 0) is 0 Å². The Morgan fingerprint density at radius 2 is 0.539 bits per heavy atom. The lowest BCUT2D eigenvalue weighted by Crippen LogP contribution is -2.27. The van der Waals surface area contributed by atoms with E-state index in [-0.39, 0.29) is 11.8 Å². The van der Waals surface area contributed by atoms with Crippen LogP contribution in [0.2, 0.25) is 0 Å². The number of hydrogen-bond donors (Lipinski definition) is 0. The normalized spacial score (nSPS) is 14.1. The number of hydrogen-bond acceptors (Lipinski definition) is 8. The molecule has 8 heteroatoms. The molecule has 0 amide bonds. The Labute approximate surface area is 438 Å². The Kier molecular flexibility index (Phi) is 10.2. The number of benzene rings is 9. The highest BCUT2D eigenvalue weighted by Crippen LogP contribution is 2.57. The number of fused-ring (bicyclic) bond motifs is 2. The SMILES string of the molecule is c1ccc(-c2cc(-c3nc(-c4ccccc4)nc4ccccc34)nc(-c3ccc4c(c3)C3c5ccccc5C4c4cc(-c5nc(-c6ccccc6)cc(-c6nc(-c7ccccc7)nc7ccccc67)n5)ccc43)n2)cc1. The van der Waals surface area contributed by atoms with Crippen molar-refractivity contribution < 1.29 is 0 Å². The van der Waals surface area contributed by atoms with Crippen molar-refractivity contribution in [1.82, 2.24) is 39.9 Å². The molecule has 0 saturated heterocycles. The first-order valence-electron chi connectivity index (χ1n) is 25.6. The maximum atomic E-state index is 5.40. The summed E-state index contributed by atoms with van der Waals surface area (Å²) in [6.45, 7) is 0. The number of aromatic nitrogens is 8. The third kappa shape index (κ3) is 7.37. The topological polar surface area (TPSA) is 103 Å². The Hall–Kier alpha value is -10.2. The van der Waals surface area contributed by atoms with Crippen LogP contribution in [0.4, 0.5) is 0 Å². The smallest absolute Gasteiger partial charge is 0.160 e. The Morgan fingerprint density at radius 1 is 0.211 bits per heavy atom. The summed E-state index contributed by atoms with van der Waals surface area (Å²) in [4.78, 5) is 42.0. The number of para-hydroxylation sites is 2. The summed E-state index contributed by atoms with van der Waals surface area (Å²) in [5.41, 5.74) is 19.7. The van der Waals surface area contributed by atoms with Crippen LogP contribution in [0.3, 0.4) is 0 Å². The predicted molar refractivity (Wildman–Crippen MR) is 302 cm³/mol. The first-order valence-corrected chi connectivity index (χ1v) is 25.6. The van der Waals surface area contributed by atoms with E-state index in [1.807, 2.05) is 133 Å². The van der Waals surface area contributed by atoms with E-state index >= 15 is 0 Å². The van der Waals surface area contributed by atoms with Crippen LogP contribution in [0.25, 0.3) is 113 Å². The zero-order chi connectivity index (χ0) is 50.1. The van der Waals surface area contributed by atoms with Crippen LogP contribution in [0.1, 0.15) is 45.2 Å². The van der Waals surface area contributed by atoms with Crippen molar-refractivity contribution in [2.75, 3.05) is 0 Å². The molecule has 13 aromatic rings. The van der Waals surface area contributed by atoms with E-state index in [1.54, 1.807) is 0 Å². The molecule has 0 saturated carbocycles. The van der Waals surface area contributed by atoms with E-state index in [4.69, 9.17) is 39.9 Å². The van der Waals surface area contributed by atoms with E-state index in [0.29, 0.717) is 23.3 Å². The van der Waals surface area contributed by atoms with Gasteiger partial charge in [-0.1, -0.05) is 206 Å². The molecule has 0 spiro atoms. The van der Waals surface area contributed by atoms with Crippen LogP contribution in [0.5, 0.6) is 0 Å². The molecule has 4 heterocycles. The average molecular weight is 971 g/mol. The predicted octanol–water partition coefficient (Wildman–Crippen LogP) is 15.5. The summed E-state index contributed by atoms with van der Waals surface area (Å²) < 4.78 is 0. The molecule has 9 aromatic carbocycles. The van der Waals surface area contributed by atoms with Gasteiger partial charge in [-0.25, -0.2) is 39.9 Å². The molecule has 3 aliphatic carbocycles. The first kappa shape index (κ1) is 43.4. The lowest BCUT2D eigenvalue weighted by molar-refractivity contribution is 0.754. The molecular weight excluding hydrogens is 929 g/mol. The Morgan fingerprint density at radius 3 is 0.961 bits per heavy atom. The third-order valence-corrected chi connectivity index (χ3v) is 14.9. The van der Waals surface area contributed by atoms with Crippen molar-refractivity contribution >= 4 is 21.8 Å². The molecule has 3 aliphatic rings. The fourth-order valence-electron chi connectivity index (χ4n) is 11.4. The number of rotatable bonds is 8. The molecule has 2 bridgehead atoms. The number of nitrogens with zero attached hydrogens (tertiary/aromatic N) is 8. The molecule has 2 atom stereocenters. The minimum atomic E-state index is -0.0212. The van der Waals surface area contributed by atoms with Gasteiger partial charge in [0.05, 0.1) is 33.8 Å². The molecule has 0 aliphatic heterocycles. The largest absolute Gasteiger partial charge is 0.228 e. The van der Waals surface area contributed by atoms with Gasteiger partial charge in [0.1, 0.15) is 11.4 Å². The maximum Gasteiger partial charge on any atom is 0.160 e. The fourth-order valence-corrected chi connectivity index (χ4v) is 11.4. The van der Waals surface area contributed by atoms with Crippen LogP contribution >= 0.6 is 0 Å². The van der Waals surface area contributed by atoms with Crippen LogP contribution in [0.15, 0.2) is 243 Å². The second kappa shape index (κ2) is 17.8. The molecule has 0 fully saturated rings. The summed E-state index contributed by atoms with van der Waals surface area (Å²) in [5.74, 6) is 2.51. The minimum absolute atomic E-state index is 0.0212. The molecule has 4 aromatic heterocycles. The van der Waals surface area contributed by atoms with Gasteiger partial charge in [0, 0.05) is 56.0 Å². The van der Waals surface area contributed by atoms with E-state index in [9.17, 15) is 0 Å². The van der Waals surface area contributed by atoms with E-state index in [1.165, 1.54) is 33.4 Å². The molecule has 16 rings (SSSR count). The van der Waals surface area contributed by atoms with E-state index in [2.05, 4.69) is 109 Å². The van der Waals surface area contributed by atoms with E-state index in [0.717, 1.165) is 89.4 Å². The van der Waals surface area contributed by atoms with E-state index < -0.39 is 0 Å². The molecule has 2 unspecified atom stereocenters. The highest BCUT2D eigenvalue weighted by atomic mass is 15.0. The molecule has 0 N–H and O–H groups in total. The van der Waals surface area contributed by atoms with Gasteiger partial charge in [-0.05, 0) is 69.8 Å². The lowest BCUT2D eigenvalue weighted by atomic mass is 9.61. The van der Waals surface area contributed by atoms with Crippen molar-refractivity contribution in [2.45, 2.75) is 11.8 Å². The average Bonchev–Trinajstić information content (AvgIpc) is 3.57. The quantitative estimate of drug-likeness (QED) is 0.148. The summed E-state index contributed by atoms with van der Waals surface area (Å²) >= 11 is 0. The Bertz CT molecular complexity index is 4130. The molecule has 76 heavy (non-hydrogen) atoms. The highest BCUT2D eigenvalue weighted by Gasteiger charge is 2.41. The zero-order valence-electron chi connectivity index (χ0n) is 40.8. The first-order chi connectivity index (χ1) is 37.6. The van der Waals surface area contributed by atoms with Gasteiger partial charge in [-0.15, -0.1) is 0 Å². The van der Waals surface area contributed by atoms with Crippen LogP contribution < -0.4 is 0 Å². The van der Waals surface area contributed by atoms with Gasteiger partial charge in [-0.2, -0.15) is 0 Å². The Balaban J connectivity index is 0.873. The third-order valence-electron chi connectivity index (χ3n) is 14.9. The fraction of sp³-hybridized carbons (Fsp3) is 0.0294. The second-order valence-corrected chi connectivity index (χ2v) is 19.4. The summed E-state index contributed by atoms with van der Waals surface area (Å²) in [6, 6.07) is 83.9. The summed E-state index contributed by atoms with van der Waals surface area (Å²) in [5, 5.41) is 1.85. The summed E-state index contributed by atoms with van der Waals surface area (Å²) in [6.07, 6.45) is 0. The molecule has 0 radical (unpaired) electrons. The lowest BCUT2D eigenvalue weighted by Gasteiger charge is -2.42. The standard InChI is InChI=1S/C68H42N8/c1-5-19-41(20-6-1)57-39-59(63-51-29-15-17-31-55(51)69-65(75-63)43-23-9-3-10-24-43)73-67(71-57)45-33-35-49-53(37-45)61-47-27-13-14-28-48(47)62(49)54-38-46(34-36-50(54)61)68-72-58(42-21-7-2-8-22-42)40-60(74-68)64-52-30-16-18-32-56(52)70-66(76-64)44-25-11-4-12-26-44/h1-40,61-62H. The monoisotopic (exact) mass is 970 g/mol. The molecular formula is C68H42N8. The van der Waals surface area contributed by atoms with Gasteiger partial charge in [-0.3, -0.25) is 0 Å². The highest BCUT2D eigenvalue weighted by molar-refractivity contribution is 5.95. The van der Waals surface area contributed by atoms with Crippen molar-refractivity contribution in [3.8, 4) is 90.8 Å². The second-order valence-electron chi connectivity index (χ2n) is 19.4. The van der Waals surface area contributed by atoms with Gasteiger partial charge < -0.3 is 0 Å². The van der Waals surface area contributed by atoms with Crippen molar-refractivity contribution in [2.24, 2.45) is 0 Å². The van der Waals surface area contributed by atoms with Crippen molar-refractivity contribution in [1.29, 1.82) is 0 Å². The molecule has 8 nitrogen and oxygen atoms in total. The van der Waals surface area contributed by atoms with Crippen LogP contribution in [0, 0.1) is 0 Å². The minimum Gasteiger partial charge on any atom is -0.228 e. The summed E-state index contributed by atoms with van der Waals surface area (Å²) in [7, 11) is 0. The molecule has 354 valence electrons. The maximum absolute atomic E-state index is 5.40. The van der Waals surface area contributed by atoms with Gasteiger partial charge >= 0.3 is 0 Å². The van der Waals surface area contributed by atoms with Gasteiger partial charge in [0.25, 0.3) is 0 Å². The van der Waals surface area contributed by atoms with Crippen LogP contribution in [-0.4, -0.2) is 39.9 Å². The zero-order valence-corrected chi connectivity index (χ0v) is 40.8. The van der Waals surface area contributed by atoms with Gasteiger partial charge in [0.15, 0.2) is 23.3 Å². The van der Waals surface area contributed by atoms with Crippen molar-refractivity contribution in [3.63, 3.8) is 0 Å².